The number of ether oxygens (including phenoxy) is 1. The molecule has 1 saturated carbocycles. The molecule has 158 valence electrons. The third kappa shape index (κ3) is 3.99. The minimum Gasteiger partial charge on any atom is -0.479 e. The fourth-order valence-corrected chi connectivity index (χ4v) is 5.16. The van der Waals surface area contributed by atoms with Gasteiger partial charge in [-0.05, 0) is 31.3 Å². The summed E-state index contributed by atoms with van der Waals surface area (Å²) < 4.78 is 5.66. The second-order valence-electron chi connectivity index (χ2n) is 8.66. The molecule has 0 bridgehead atoms. The number of aliphatic hydroxyl groups is 1. The number of allylic oxidation sites excluding steroid dienone is 5. The molecule has 0 radical (unpaired) electrons. The van der Waals surface area contributed by atoms with Gasteiger partial charge in [-0.3, -0.25) is 4.79 Å². The van der Waals surface area contributed by atoms with Crippen molar-refractivity contribution in [3.63, 3.8) is 0 Å². The Labute approximate surface area is 171 Å². The highest BCUT2D eigenvalue weighted by Crippen LogP contribution is 2.61. The number of hydrogen-bond donors (Lipinski definition) is 2. The van der Waals surface area contributed by atoms with Crippen molar-refractivity contribution in [2.75, 3.05) is 0 Å². The Balaban J connectivity index is 2.47. The molecule has 0 aromatic rings. The lowest BCUT2D eigenvalue weighted by Gasteiger charge is -2.59. The van der Waals surface area contributed by atoms with Gasteiger partial charge in [0.2, 0.25) is 0 Å². The summed E-state index contributed by atoms with van der Waals surface area (Å²) >= 11 is 0. The van der Waals surface area contributed by atoms with Crippen molar-refractivity contribution in [3.8, 4) is 0 Å². The van der Waals surface area contributed by atoms with Gasteiger partial charge in [-0.2, -0.15) is 0 Å². The first-order valence-electron chi connectivity index (χ1n) is 9.84. The molecule has 2 aliphatic rings. The Kier molecular flexibility index (Phi) is 6.68. The van der Waals surface area contributed by atoms with Crippen molar-refractivity contribution in [1.82, 2.24) is 0 Å². The molecule has 4 atom stereocenters. The summed E-state index contributed by atoms with van der Waals surface area (Å²) in [5, 5.41) is 21.0. The zero-order valence-electron chi connectivity index (χ0n) is 17.4. The number of carboxylic acids is 1. The second-order valence-corrected chi connectivity index (χ2v) is 8.66. The zero-order chi connectivity index (χ0) is 21.9. The van der Waals surface area contributed by atoms with Gasteiger partial charge in [-0.25, -0.2) is 9.59 Å². The summed E-state index contributed by atoms with van der Waals surface area (Å²) in [6, 6.07) is 0. The predicted octanol–water partition coefficient (Wildman–Crippen LogP) is 3.37. The number of hydrogen-bond acceptors (Lipinski definition) is 5. The van der Waals surface area contributed by atoms with Crippen LogP contribution in [0, 0.1) is 16.7 Å². The molecule has 0 saturated heterocycles. The van der Waals surface area contributed by atoms with Gasteiger partial charge in [0.15, 0.2) is 5.60 Å². The highest BCUT2D eigenvalue weighted by molar-refractivity contribution is 5.94. The Hall–Kier alpha value is -2.47. The Morgan fingerprint density at radius 2 is 1.79 bits per heavy atom. The Morgan fingerprint density at radius 3 is 2.38 bits per heavy atom. The molecule has 2 aliphatic carbocycles. The van der Waals surface area contributed by atoms with Crippen molar-refractivity contribution in [2.24, 2.45) is 16.7 Å². The standard InChI is InChI=1S/C23H30O6/c1-5-6-7-8-9-11-18(25)29-17-14-16(15-24)23(28,20(26)27)22(4)13-10-12-21(2,3)19(17)22/h5-9,11,14-15,17,19,28H,10,12-13H2,1-4H3,(H,26,27)/b6-5+,8-7+,11-9+/t17-,19+,22+,23-/m1/s1. The molecule has 2 N–H and O–H groups in total. The molecule has 0 heterocycles. The first-order chi connectivity index (χ1) is 13.5. The lowest BCUT2D eigenvalue weighted by molar-refractivity contribution is -0.202. The van der Waals surface area contributed by atoms with Crippen molar-refractivity contribution in [3.05, 3.63) is 48.1 Å². The zero-order valence-corrected chi connectivity index (χ0v) is 17.4. The maximum Gasteiger partial charge on any atom is 0.341 e. The highest BCUT2D eigenvalue weighted by Gasteiger charge is 2.67. The van der Waals surface area contributed by atoms with E-state index in [-0.39, 0.29) is 5.57 Å². The molecule has 1 fully saturated rings. The van der Waals surface area contributed by atoms with Crippen LogP contribution in [0.1, 0.15) is 47.0 Å². The van der Waals surface area contributed by atoms with Crippen LogP contribution in [0.2, 0.25) is 0 Å². The number of rotatable bonds is 6. The molecule has 0 aliphatic heterocycles. The van der Waals surface area contributed by atoms with Crippen LogP contribution in [-0.2, 0) is 19.1 Å². The number of carbonyl (C=O) groups is 3. The number of aliphatic carboxylic acids is 1. The summed E-state index contributed by atoms with van der Waals surface area (Å²) in [7, 11) is 0. The van der Waals surface area contributed by atoms with Gasteiger partial charge >= 0.3 is 11.9 Å². The molecule has 6 heteroatoms. The molecule has 0 aromatic carbocycles. The van der Waals surface area contributed by atoms with Crippen LogP contribution in [0.15, 0.2) is 48.1 Å². The van der Waals surface area contributed by atoms with Crippen LogP contribution in [0.5, 0.6) is 0 Å². The van der Waals surface area contributed by atoms with E-state index in [9.17, 15) is 24.6 Å². The number of carboxylic acid groups (broad SMARTS) is 1. The fraction of sp³-hybridized carbons (Fsp3) is 0.522. The summed E-state index contributed by atoms with van der Waals surface area (Å²) in [6.07, 6.45) is 12.7. The second kappa shape index (κ2) is 8.49. The first-order valence-corrected chi connectivity index (χ1v) is 9.84. The average molecular weight is 402 g/mol. The smallest absolute Gasteiger partial charge is 0.341 e. The van der Waals surface area contributed by atoms with Gasteiger partial charge in [0, 0.05) is 23.0 Å². The van der Waals surface area contributed by atoms with Gasteiger partial charge in [0.05, 0.1) is 0 Å². The minimum atomic E-state index is -2.33. The summed E-state index contributed by atoms with van der Waals surface area (Å²) in [5.74, 6) is -2.52. The molecule has 2 rings (SSSR count). The van der Waals surface area contributed by atoms with Crippen LogP contribution in [0.3, 0.4) is 0 Å². The third-order valence-corrected chi connectivity index (χ3v) is 6.41. The van der Waals surface area contributed by atoms with Gasteiger partial charge in [-0.15, -0.1) is 0 Å². The largest absolute Gasteiger partial charge is 0.479 e. The van der Waals surface area contributed by atoms with Gasteiger partial charge < -0.3 is 14.9 Å². The summed E-state index contributed by atoms with van der Waals surface area (Å²) in [4.78, 5) is 36.2. The van der Waals surface area contributed by atoms with E-state index in [0.29, 0.717) is 19.1 Å². The lowest BCUT2D eigenvalue weighted by atomic mass is 9.46. The number of fused-ring (bicyclic) bond motifs is 1. The predicted molar refractivity (Wildman–Crippen MR) is 109 cm³/mol. The Morgan fingerprint density at radius 1 is 1.14 bits per heavy atom. The molecule has 0 amide bonds. The van der Waals surface area contributed by atoms with E-state index in [4.69, 9.17) is 4.74 Å². The maximum absolute atomic E-state index is 12.4. The molecular weight excluding hydrogens is 372 g/mol. The quantitative estimate of drug-likeness (QED) is 0.306. The van der Waals surface area contributed by atoms with Crippen molar-refractivity contribution in [2.45, 2.75) is 58.7 Å². The van der Waals surface area contributed by atoms with Crippen LogP contribution >= 0.6 is 0 Å². The lowest BCUT2D eigenvalue weighted by Crippen LogP contribution is -2.66. The van der Waals surface area contributed by atoms with Gasteiger partial charge in [-0.1, -0.05) is 57.6 Å². The van der Waals surface area contributed by atoms with E-state index in [1.165, 1.54) is 12.2 Å². The van der Waals surface area contributed by atoms with Crippen LogP contribution in [0.25, 0.3) is 0 Å². The van der Waals surface area contributed by atoms with Crippen LogP contribution in [0.4, 0.5) is 0 Å². The number of aldehydes is 1. The summed E-state index contributed by atoms with van der Waals surface area (Å²) in [6.45, 7) is 7.52. The summed E-state index contributed by atoms with van der Waals surface area (Å²) in [5.41, 5.74) is -4.16. The van der Waals surface area contributed by atoms with Crippen molar-refractivity contribution in [1.29, 1.82) is 0 Å². The average Bonchev–Trinajstić information content (AvgIpc) is 2.63. The van der Waals surface area contributed by atoms with Crippen molar-refractivity contribution >= 4 is 18.2 Å². The molecule has 0 unspecified atom stereocenters. The van der Waals surface area contributed by atoms with E-state index in [0.717, 1.165) is 6.42 Å². The Bertz CT molecular complexity index is 787. The molecule has 6 nitrogen and oxygen atoms in total. The maximum atomic E-state index is 12.4. The van der Waals surface area contributed by atoms with E-state index >= 15 is 0 Å². The van der Waals surface area contributed by atoms with Crippen LogP contribution in [-0.4, -0.2) is 40.1 Å². The molecular formula is C23H30O6. The number of esters is 1. The van der Waals surface area contributed by atoms with E-state index in [1.807, 2.05) is 32.9 Å². The SMILES string of the molecule is C/C=C/C=C/C=C/C(=O)O[C@@H]1C=C(C=O)[C@@](O)(C(=O)O)[C@@]2(C)CCCC(C)(C)[C@H]12. The number of carbonyl (C=O) groups excluding carboxylic acids is 2. The molecule has 0 aromatic heterocycles. The fourth-order valence-electron chi connectivity index (χ4n) is 5.16. The van der Waals surface area contributed by atoms with E-state index < -0.39 is 40.4 Å². The normalized spacial score (nSPS) is 34.2. The topological polar surface area (TPSA) is 101 Å². The van der Waals surface area contributed by atoms with Gasteiger partial charge in [0.1, 0.15) is 12.4 Å². The third-order valence-electron chi connectivity index (χ3n) is 6.41. The molecule has 0 spiro atoms. The highest BCUT2D eigenvalue weighted by atomic mass is 16.5. The monoisotopic (exact) mass is 402 g/mol. The minimum absolute atomic E-state index is 0.267. The van der Waals surface area contributed by atoms with Gasteiger partial charge in [0.25, 0.3) is 0 Å². The molecule has 29 heavy (non-hydrogen) atoms. The van der Waals surface area contributed by atoms with Crippen LogP contribution < -0.4 is 0 Å². The van der Waals surface area contributed by atoms with E-state index in [2.05, 4.69) is 0 Å². The van der Waals surface area contributed by atoms with E-state index in [1.54, 1.807) is 25.2 Å². The first kappa shape index (κ1) is 22.8. The van der Waals surface area contributed by atoms with Crippen molar-refractivity contribution < 1.29 is 29.3 Å².